The van der Waals surface area contributed by atoms with Crippen LogP contribution in [0.4, 0.5) is 17.1 Å². The molecule has 3 rings (SSSR count). The smallest absolute Gasteiger partial charge is 0.115 e. The van der Waals surface area contributed by atoms with E-state index in [4.69, 9.17) is 0 Å². The lowest BCUT2D eigenvalue weighted by Gasteiger charge is -2.28. The van der Waals surface area contributed by atoms with Crippen molar-refractivity contribution in [1.29, 1.82) is 0 Å². The molecule has 5 nitrogen and oxygen atoms in total. The number of phenols is 3. The van der Waals surface area contributed by atoms with Gasteiger partial charge < -0.3 is 25.1 Å². The maximum absolute atomic E-state index is 9.55. The summed E-state index contributed by atoms with van der Waals surface area (Å²) in [5.74, 6) is 0.693. The Morgan fingerprint density at radius 3 is 1.27 bits per heavy atom. The third kappa shape index (κ3) is 4.19. The summed E-state index contributed by atoms with van der Waals surface area (Å²) >= 11 is 0. The lowest BCUT2D eigenvalue weighted by molar-refractivity contribution is 0.474. The standard InChI is InChI=1S/C21H22N2O3/c1-22(16-2-8-19(24)9-3-16)14-15-23(17-4-10-20(25)11-5-17)18-6-12-21(26)13-7-18/h2-13,24-26H,14-15H2,1H3. The summed E-state index contributed by atoms with van der Waals surface area (Å²) < 4.78 is 0. The maximum atomic E-state index is 9.55. The number of anilines is 3. The number of nitrogens with zero attached hydrogens (tertiary/aromatic N) is 2. The van der Waals surface area contributed by atoms with Gasteiger partial charge in [-0.3, -0.25) is 0 Å². The first-order valence-corrected chi connectivity index (χ1v) is 8.39. The van der Waals surface area contributed by atoms with Crippen LogP contribution >= 0.6 is 0 Å². The fourth-order valence-corrected chi connectivity index (χ4v) is 2.76. The van der Waals surface area contributed by atoms with E-state index in [0.717, 1.165) is 23.6 Å². The fraction of sp³-hybridized carbons (Fsp3) is 0.143. The third-order valence-electron chi connectivity index (χ3n) is 4.27. The van der Waals surface area contributed by atoms with Crippen molar-refractivity contribution in [2.75, 3.05) is 29.9 Å². The van der Waals surface area contributed by atoms with E-state index in [1.54, 1.807) is 36.4 Å². The Bertz CT molecular complexity index is 785. The number of hydrogen-bond donors (Lipinski definition) is 3. The summed E-state index contributed by atoms with van der Waals surface area (Å²) in [6, 6.07) is 21.2. The first kappa shape index (κ1) is 17.5. The molecule has 0 unspecified atom stereocenters. The van der Waals surface area contributed by atoms with Gasteiger partial charge in [0.05, 0.1) is 0 Å². The van der Waals surface area contributed by atoms with Gasteiger partial charge in [0.1, 0.15) is 17.2 Å². The van der Waals surface area contributed by atoms with Gasteiger partial charge in [-0.25, -0.2) is 0 Å². The average Bonchev–Trinajstić information content (AvgIpc) is 2.65. The van der Waals surface area contributed by atoms with Crippen molar-refractivity contribution in [3.8, 4) is 17.2 Å². The van der Waals surface area contributed by atoms with Crippen LogP contribution in [0.15, 0.2) is 72.8 Å². The van der Waals surface area contributed by atoms with E-state index in [-0.39, 0.29) is 17.2 Å². The average molecular weight is 350 g/mol. The Balaban J connectivity index is 1.80. The van der Waals surface area contributed by atoms with E-state index < -0.39 is 0 Å². The van der Waals surface area contributed by atoms with E-state index in [1.807, 2.05) is 43.4 Å². The molecule has 0 spiro atoms. The number of aromatic hydroxyl groups is 3. The topological polar surface area (TPSA) is 67.2 Å². The summed E-state index contributed by atoms with van der Waals surface area (Å²) in [7, 11) is 2.00. The molecule has 0 amide bonds. The molecule has 0 fully saturated rings. The van der Waals surface area contributed by atoms with Gasteiger partial charge in [0.25, 0.3) is 0 Å². The highest BCUT2D eigenvalue weighted by atomic mass is 16.3. The van der Waals surface area contributed by atoms with Crippen LogP contribution < -0.4 is 9.80 Å². The molecule has 26 heavy (non-hydrogen) atoms. The van der Waals surface area contributed by atoms with Gasteiger partial charge in [-0.05, 0) is 72.8 Å². The minimum atomic E-state index is 0.223. The Labute approximate surface area is 153 Å². The molecule has 0 saturated carbocycles. The first-order chi connectivity index (χ1) is 12.5. The van der Waals surface area contributed by atoms with Crippen LogP contribution in [-0.2, 0) is 0 Å². The van der Waals surface area contributed by atoms with Crippen molar-refractivity contribution in [3.05, 3.63) is 72.8 Å². The molecule has 134 valence electrons. The van der Waals surface area contributed by atoms with Gasteiger partial charge in [-0.2, -0.15) is 0 Å². The molecular formula is C21H22N2O3. The Morgan fingerprint density at radius 2 is 0.885 bits per heavy atom. The molecule has 0 aliphatic rings. The number of benzene rings is 3. The molecule has 0 atom stereocenters. The zero-order valence-corrected chi connectivity index (χ0v) is 14.6. The SMILES string of the molecule is CN(CCN(c1ccc(O)cc1)c1ccc(O)cc1)c1ccc(O)cc1. The Kier molecular flexibility index (Phi) is 5.17. The summed E-state index contributed by atoms with van der Waals surface area (Å²) in [5.41, 5.74) is 2.92. The molecular weight excluding hydrogens is 328 g/mol. The van der Waals surface area contributed by atoms with Crippen LogP contribution in [0.3, 0.4) is 0 Å². The highest BCUT2D eigenvalue weighted by molar-refractivity contribution is 5.64. The highest BCUT2D eigenvalue weighted by Gasteiger charge is 2.11. The molecule has 0 aliphatic heterocycles. The van der Waals surface area contributed by atoms with E-state index in [9.17, 15) is 15.3 Å². The van der Waals surface area contributed by atoms with Crippen LogP contribution in [0.5, 0.6) is 17.2 Å². The van der Waals surface area contributed by atoms with Gasteiger partial charge in [0.2, 0.25) is 0 Å². The number of phenolic OH excluding ortho intramolecular Hbond substituents is 3. The van der Waals surface area contributed by atoms with Gasteiger partial charge in [0, 0.05) is 37.2 Å². The van der Waals surface area contributed by atoms with Crippen LogP contribution in [-0.4, -0.2) is 35.5 Å². The zero-order chi connectivity index (χ0) is 18.5. The molecule has 0 bridgehead atoms. The molecule has 0 radical (unpaired) electrons. The largest absolute Gasteiger partial charge is 0.508 e. The molecule has 0 aromatic heterocycles. The van der Waals surface area contributed by atoms with E-state index in [0.29, 0.717) is 6.54 Å². The van der Waals surface area contributed by atoms with Crippen molar-refractivity contribution in [1.82, 2.24) is 0 Å². The van der Waals surface area contributed by atoms with E-state index in [2.05, 4.69) is 9.80 Å². The summed E-state index contributed by atoms with van der Waals surface area (Å²) in [5, 5.41) is 28.5. The summed E-state index contributed by atoms with van der Waals surface area (Å²) in [6.45, 7) is 1.44. The predicted molar refractivity (Wildman–Crippen MR) is 105 cm³/mol. The number of likely N-dealkylation sites (N-methyl/N-ethyl adjacent to an activating group) is 1. The van der Waals surface area contributed by atoms with Crippen molar-refractivity contribution in [2.45, 2.75) is 0 Å². The Morgan fingerprint density at radius 1 is 0.538 bits per heavy atom. The Hall–Kier alpha value is -3.34. The van der Waals surface area contributed by atoms with Crippen molar-refractivity contribution >= 4 is 17.1 Å². The third-order valence-corrected chi connectivity index (χ3v) is 4.27. The number of rotatable bonds is 6. The summed E-state index contributed by atoms with van der Waals surface area (Å²) in [4.78, 5) is 4.23. The van der Waals surface area contributed by atoms with Crippen LogP contribution in [0.2, 0.25) is 0 Å². The van der Waals surface area contributed by atoms with Gasteiger partial charge in [-0.1, -0.05) is 0 Å². The van der Waals surface area contributed by atoms with Crippen LogP contribution in [0, 0.1) is 0 Å². The molecule has 0 heterocycles. The van der Waals surface area contributed by atoms with Gasteiger partial charge >= 0.3 is 0 Å². The second-order valence-electron chi connectivity index (χ2n) is 6.12. The lowest BCUT2D eigenvalue weighted by Crippen LogP contribution is -2.30. The normalized spacial score (nSPS) is 10.5. The zero-order valence-electron chi connectivity index (χ0n) is 14.6. The monoisotopic (exact) mass is 350 g/mol. The maximum Gasteiger partial charge on any atom is 0.115 e. The highest BCUT2D eigenvalue weighted by Crippen LogP contribution is 2.28. The molecule has 5 heteroatoms. The second-order valence-corrected chi connectivity index (χ2v) is 6.12. The van der Waals surface area contributed by atoms with Crippen molar-refractivity contribution in [3.63, 3.8) is 0 Å². The number of hydrogen-bond acceptors (Lipinski definition) is 5. The molecule has 3 N–H and O–H groups in total. The fourth-order valence-electron chi connectivity index (χ4n) is 2.76. The molecule has 0 saturated heterocycles. The molecule has 0 aliphatic carbocycles. The quantitative estimate of drug-likeness (QED) is 0.625. The van der Waals surface area contributed by atoms with E-state index >= 15 is 0 Å². The molecule has 3 aromatic rings. The minimum Gasteiger partial charge on any atom is -0.508 e. The van der Waals surface area contributed by atoms with Gasteiger partial charge in [-0.15, -0.1) is 0 Å². The molecule has 3 aromatic carbocycles. The van der Waals surface area contributed by atoms with Gasteiger partial charge in [0.15, 0.2) is 0 Å². The minimum absolute atomic E-state index is 0.223. The van der Waals surface area contributed by atoms with Crippen molar-refractivity contribution in [2.24, 2.45) is 0 Å². The van der Waals surface area contributed by atoms with Crippen LogP contribution in [0.1, 0.15) is 0 Å². The van der Waals surface area contributed by atoms with Crippen molar-refractivity contribution < 1.29 is 15.3 Å². The first-order valence-electron chi connectivity index (χ1n) is 8.39. The summed E-state index contributed by atoms with van der Waals surface area (Å²) in [6.07, 6.45) is 0. The van der Waals surface area contributed by atoms with E-state index in [1.165, 1.54) is 0 Å². The van der Waals surface area contributed by atoms with Crippen LogP contribution in [0.25, 0.3) is 0 Å². The predicted octanol–water partition coefficient (Wildman–Crippen LogP) is 4.08. The lowest BCUT2D eigenvalue weighted by atomic mass is 10.2. The second kappa shape index (κ2) is 7.70.